The summed E-state index contributed by atoms with van der Waals surface area (Å²) in [6.07, 6.45) is 5.74. The Balaban J connectivity index is 1.52. The first-order chi connectivity index (χ1) is 12.5. The maximum Gasteiger partial charge on any atom is 0.356 e. The van der Waals surface area contributed by atoms with Crippen LogP contribution in [0.25, 0.3) is 5.69 Å². The van der Waals surface area contributed by atoms with Crippen LogP contribution in [-0.4, -0.2) is 31.3 Å². The number of carbonyl (C=O) groups excluding carboxylic acids is 1. The Bertz CT molecular complexity index is 882. The predicted molar refractivity (Wildman–Crippen MR) is 96.1 cm³/mol. The molecule has 0 aliphatic heterocycles. The van der Waals surface area contributed by atoms with Gasteiger partial charge in [-0.05, 0) is 42.8 Å². The number of carboxylic acids is 1. The second-order valence-corrected chi connectivity index (χ2v) is 5.99. The fourth-order valence-electron chi connectivity index (χ4n) is 2.66. The number of aromatic carboxylic acids is 1. The van der Waals surface area contributed by atoms with Gasteiger partial charge in [0.15, 0.2) is 5.69 Å². The number of aryl methyl sites for hydroxylation is 1. The Labute approximate surface area is 150 Å². The van der Waals surface area contributed by atoms with Crippen LogP contribution in [0.5, 0.6) is 0 Å². The molecule has 3 aromatic rings. The Morgan fingerprint density at radius 1 is 1.12 bits per heavy atom. The molecule has 2 heterocycles. The number of nitrogens with zero attached hydrogens (tertiary/aromatic N) is 3. The van der Waals surface area contributed by atoms with Gasteiger partial charge < -0.3 is 15.0 Å². The van der Waals surface area contributed by atoms with E-state index >= 15 is 0 Å². The lowest BCUT2D eigenvalue weighted by Crippen LogP contribution is -2.27. The van der Waals surface area contributed by atoms with Crippen LogP contribution in [0.1, 0.15) is 35.4 Å². The molecule has 2 N–H and O–H groups in total. The predicted octanol–water partition coefficient (Wildman–Crippen LogP) is 2.64. The van der Waals surface area contributed by atoms with E-state index in [9.17, 15) is 9.59 Å². The number of hydrogen-bond donors (Lipinski definition) is 2. The summed E-state index contributed by atoms with van der Waals surface area (Å²) < 4.78 is 3.47. The zero-order chi connectivity index (χ0) is 18.5. The first-order valence-electron chi connectivity index (χ1n) is 8.32. The first-order valence-corrected chi connectivity index (χ1v) is 8.32. The third-order valence-electron chi connectivity index (χ3n) is 4.10. The Morgan fingerprint density at radius 2 is 1.81 bits per heavy atom. The molecule has 3 rings (SSSR count). The monoisotopic (exact) mass is 352 g/mol. The SMILES string of the molecule is CC(NC(=O)CCn1ccc(C(=O)O)n1)c1ccc(-n2cccc2)cc1. The molecule has 1 amide bonds. The molecule has 0 bridgehead atoms. The van der Waals surface area contributed by atoms with Crippen LogP contribution in [0.2, 0.25) is 0 Å². The standard InChI is InChI=1S/C19H20N4O3/c1-14(15-4-6-16(7-5-15)22-10-2-3-11-22)20-18(24)9-13-23-12-8-17(21-23)19(25)26/h2-8,10-12,14H,9,13H2,1H3,(H,20,24)(H,25,26). The lowest BCUT2D eigenvalue weighted by molar-refractivity contribution is -0.122. The Hall–Kier alpha value is -3.35. The van der Waals surface area contributed by atoms with Crippen LogP contribution in [-0.2, 0) is 11.3 Å². The van der Waals surface area contributed by atoms with E-state index in [0.29, 0.717) is 6.54 Å². The third kappa shape index (κ3) is 4.18. The van der Waals surface area contributed by atoms with Crippen molar-refractivity contribution >= 4 is 11.9 Å². The molecule has 0 saturated carbocycles. The third-order valence-corrected chi connectivity index (χ3v) is 4.10. The van der Waals surface area contributed by atoms with Gasteiger partial charge in [-0.15, -0.1) is 0 Å². The molecule has 0 fully saturated rings. The number of nitrogens with one attached hydrogen (secondary N) is 1. The maximum atomic E-state index is 12.1. The highest BCUT2D eigenvalue weighted by Gasteiger charge is 2.11. The number of carboxylic acid groups (broad SMARTS) is 1. The van der Waals surface area contributed by atoms with Crippen molar-refractivity contribution < 1.29 is 14.7 Å². The molecule has 7 heteroatoms. The average molecular weight is 352 g/mol. The summed E-state index contributed by atoms with van der Waals surface area (Å²) in [7, 11) is 0. The molecule has 134 valence electrons. The van der Waals surface area contributed by atoms with Crippen molar-refractivity contribution in [2.75, 3.05) is 0 Å². The second-order valence-electron chi connectivity index (χ2n) is 5.99. The number of aromatic nitrogens is 3. The van der Waals surface area contributed by atoms with E-state index in [4.69, 9.17) is 5.11 Å². The molecule has 7 nitrogen and oxygen atoms in total. The molecule has 0 radical (unpaired) electrons. The number of benzene rings is 1. The van der Waals surface area contributed by atoms with Crippen LogP contribution in [0.3, 0.4) is 0 Å². The molecular weight excluding hydrogens is 332 g/mol. The smallest absolute Gasteiger partial charge is 0.356 e. The van der Waals surface area contributed by atoms with E-state index in [1.807, 2.05) is 60.3 Å². The summed E-state index contributed by atoms with van der Waals surface area (Å²) in [5.74, 6) is -1.19. The average Bonchev–Trinajstić information content (AvgIpc) is 3.32. The fourth-order valence-corrected chi connectivity index (χ4v) is 2.66. The summed E-state index contributed by atoms with van der Waals surface area (Å²) in [6, 6.07) is 13.2. The molecule has 2 aromatic heterocycles. The number of rotatable bonds is 7. The van der Waals surface area contributed by atoms with Crippen molar-refractivity contribution in [1.29, 1.82) is 0 Å². The van der Waals surface area contributed by atoms with E-state index in [1.165, 1.54) is 10.7 Å². The molecule has 1 aromatic carbocycles. The van der Waals surface area contributed by atoms with E-state index in [1.54, 1.807) is 6.20 Å². The van der Waals surface area contributed by atoms with Crippen LogP contribution in [0, 0.1) is 0 Å². The highest BCUT2D eigenvalue weighted by Crippen LogP contribution is 2.16. The lowest BCUT2D eigenvalue weighted by atomic mass is 10.1. The van der Waals surface area contributed by atoms with Crippen LogP contribution >= 0.6 is 0 Å². The highest BCUT2D eigenvalue weighted by atomic mass is 16.4. The van der Waals surface area contributed by atoms with Crippen LogP contribution in [0.15, 0.2) is 61.1 Å². The topological polar surface area (TPSA) is 89.2 Å². The largest absolute Gasteiger partial charge is 0.476 e. The van der Waals surface area contributed by atoms with Crippen molar-refractivity contribution in [3.8, 4) is 5.69 Å². The molecule has 1 atom stereocenters. The van der Waals surface area contributed by atoms with Crippen LogP contribution in [0.4, 0.5) is 0 Å². The zero-order valence-corrected chi connectivity index (χ0v) is 14.4. The lowest BCUT2D eigenvalue weighted by Gasteiger charge is -2.15. The summed E-state index contributed by atoms with van der Waals surface area (Å²) in [5, 5.41) is 15.7. The van der Waals surface area contributed by atoms with E-state index in [-0.39, 0.29) is 24.1 Å². The Morgan fingerprint density at radius 3 is 2.42 bits per heavy atom. The molecule has 0 saturated heterocycles. The van der Waals surface area contributed by atoms with Gasteiger partial charge in [-0.25, -0.2) is 4.79 Å². The van der Waals surface area contributed by atoms with Gasteiger partial charge in [-0.1, -0.05) is 12.1 Å². The van der Waals surface area contributed by atoms with Crippen molar-refractivity contribution in [2.24, 2.45) is 0 Å². The van der Waals surface area contributed by atoms with Crippen molar-refractivity contribution in [2.45, 2.75) is 25.9 Å². The quantitative estimate of drug-likeness (QED) is 0.684. The summed E-state index contributed by atoms with van der Waals surface area (Å²) in [4.78, 5) is 22.9. The van der Waals surface area contributed by atoms with Gasteiger partial charge in [0.25, 0.3) is 0 Å². The summed E-state index contributed by atoms with van der Waals surface area (Å²) in [6.45, 7) is 2.26. The second kappa shape index (κ2) is 7.69. The van der Waals surface area contributed by atoms with Gasteiger partial charge in [-0.2, -0.15) is 5.10 Å². The number of carbonyl (C=O) groups is 2. The minimum absolute atomic E-state index is 0.0263. The number of amides is 1. The van der Waals surface area contributed by atoms with Gasteiger partial charge in [0.2, 0.25) is 5.91 Å². The molecule has 0 aliphatic carbocycles. The Kier molecular flexibility index (Phi) is 5.17. The van der Waals surface area contributed by atoms with Gasteiger partial charge in [0.05, 0.1) is 6.04 Å². The van der Waals surface area contributed by atoms with Crippen molar-refractivity contribution in [1.82, 2.24) is 19.7 Å². The normalized spacial score (nSPS) is 11.9. The van der Waals surface area contributed by atoms with E-state index in [0.717, 1.165) is 11.3 Å². The zero-order valence-electron chi connectivity index (χ0n) is 14.4. The fraction of sp³-hybridized carbons (Fsp3) is 0.211. The van der Waals surface area contributed by atoms with Gasteiger partial charge in [0.1, 0.15) is 0 Å². The minimum atomic E-state index is -1.08. The first kappa shape index (κ1) is 17.5. The highest BCUT2D eigenvalue weighted by molar-refractivity contribution is 5.85. The molecule has 0 aliphatic rings. The summed E-state index contributed by atoms with van der Waals surface area (Å²) >= 11 is 0. The van der Waals surface area contributed by atoms with Crippen molar-refractivity contribution in [3.05, 3.63) is 72.3 Å². The van der Waals surface area contributed by atoms with Gasteiger partial charge >= 0.3 is 5.97 Å². The van der Waals surface area contributed by atoms with E-state index < -0.39 is 5.97 Å². The molecule has 26 heavy (non-hydrogen) atoms. The van der Waals surface area contributed by atoms with Gasteiger partial charge in [0, 0.05) is 37.2 Å². The minimum Gasteiger partial charge on any atom is -0.476 e. The van der Waals surface area contributed by atoms with Crippen molar-refractivity contribution in [3.63, 3.8) is 0 Å². The molecule has 1 unspecified atom stereocenters. The van der Waals surface area contributed by atoms with E-state index in [2.05, 4.69) is 10.4 Å². The van der Waals surface area contributed by atoms with Gasteiger partial charge in [-0.3, -0.25) is 9.48 Å². The molecule has 0 spiro atoms. The molecular formula is C19H20N4O3. The summed E-state index contributed by atoms with van der Waals surface area (Å²) in [5.41, 5.74) is 2.05. The van der Waals surface area contributed by atoms with Crippen LogP contribution < -0.4 is 5.32 Å². The number of hydrogen-bond acceptors (Lipinski definition) is 3. The maximum absolute atomic E-state index is 12.1.